The summed E-state index contributed by atoms with van der Waals surface area (Å²) in [4.78, 5) is 0. The van der Waals surface area contributed by atoms with Crippen LogP contribution in [0, 0.1) is 0 Å². The van der Waals surface area contributed by atoms with Crippen LogP contribution in [0.1, 0.15) is 0 Å². The Kier molecular flexibility index (Phi) is 2.78. The van der Waals surface area contributed by atoms with Crippen LogP contribution in [-0.4, -0.2) is 0 Å². The molecule has 0 saturated heterocycles. The second-order valence-corrected chi connectivity index (χ2v) is 3.96. The van der Waals surface area contributed by atoms with Gasteiger partial charge in [-0.2, -0.15) is 0 Å². The first-order valence-corrected chi connectivity index (χ1v) is 4.10. The molecule has 0 saturated carbocycles. The molecule has 0 rings (SSSR count). The van der Waals surface area contributed by atoms with Crippen molar-refractivity contribution in [2.24, 2.45) is 5.50 Å². The van der Waals surface area contributed by atoms with Gasteiger partial charge in [0.15, 0.2) is 0 Å². The molecule has 1 atom stereocenters. The number of hydrogen-bond donors (Lipinski definition) is 1. The van der Waals surface area contributed by atoms with Gasteiger partial charge in [0.2, 0.25) is 0 Å². The molecular weight excluding hydrogens is 111 g/mol. The summed E-state index contributed by atoms with van der Waals surface area (Å²) >= 11 is 4.98. The predicted molar refractivity (Wildman–Crippen MR) is 23.9 cm³/mol. The Balaban J connectivity index is 3.02. The number of rotatable bonds is 0. The normalized spacial score (nSPS) is 10.8. The van der Waals surface area contributed by atoms with E-state index in [9.17, 15) is 0 Å². The van der Waals surface area contributed by atoms with Gasteiger partial charge in [-0.3, -0.25) is 0 Å². The van der Waals surface area contributed by atoms with Gasteiger partial charge in [0.25, 0.3) is 0 Å². The van der Waals surface area contributed by atoms with Crippen molar-refractivity contribution >= 4 is 26.1 Å². The summed E-state index contributed by atoms with van der Waals surface area (Å²) in [6.07, 6.45) is 0. The van der Waals surface area contributed by atoms with Crippen molar-refractivity contribution in [2.45, 2.75) is 0 Å². The molecule has 0 heterocycles. The molecule has 0 aromatic carbocycles. The maximum absolute atomic E-state index is 4.98. The van der Waals surface area contributed by atoms with Gasteiger partial charge >= 0.3 is 31.6 Å². The third-order valence-electron chi connectivity index (χ3n) is 0. The monoisotopic (exact) mass is 113 g/mol. The third kappa shape index (κ3) is 12.2. The molecule has 24 valence electrons. The van der Waals surface area contributed by atoms with Crippen molar-refractivity contribution in [1.82, 2.24) is 0 Å². The first kappa shape index (κ1) is 4.98. The van der Waals surface area contributed by atoms with Gasteiger partial charge in [-0.25, -0.2) is 0 Å². The predicted octanol–water partition coefficient (Wildman–Crippen LogP) is 1.82. The van der Waals surface area contributed by atoms with Crippen LogP contribution in [0.4, 0.5) is 0 Å². The van der Waals surface area contributed by atoms with E-state index in [1.165, 1.54) is 0 Å². The van der Waals surface area contributed by atoms with Crippen molar-refractivity contribution in [3.63, 3.8) is 0 Å². The Labute approximate surface area is 32.4 Å². The van der Waals surface area contributed by atoms with Gasteiger partial charge in [0, 0.05) is 0 Å². The van der Waals surface area contributed by atoms with Gasteiger partial charge in [0.1, 0.15) is 0 Å². The summed E-state index contributed by atoms with van der Waals surface area (Å²) in [7, 11) is 3.57. The molecule has 0 radical (unpaired) electrons. The van der Waals surface area contributed by atoms with E-state index >= 15 is 0 Å². The Morgan fingerprint density at radius 1 is 2.00 bits per heavy atom. The van der Waals surface area contributed by atoms with Crippen molar-refractivity contribution in [3.8, 4) is 0 Å². The number of nitrogens with two attached hydrogens (primary N) is 1. The van der Waals surface area contributed by atoms with Gasteiger partial charge in [-0.15, -0.1) is 0 Å². The molecule has 0 spiro atoms. The van der Waals surface area contributed by atoms with Crippen LogP contribution in [0.15, 0.2) is 0 Å². The Morgan fingerprint density at radius 3 is 2.00 bits per heavy atom. The molecule has 0 fully saturated rings. The summed E-state index contributed by atoms with van der Waals surface area (Å²) in [5, 5.41) is 0. The zero-order chi connectivity index (χ0) is 3.58. The summed E-state index contributed by atoms with van der Waals surface area (Å²) in [6, 6.07) is 0. The number of hydrogen-bond acceptors (Lipinski definition) is 1. The quantitative estimate of drug-likeness (QED) is 0.477. The van der Waals surface area contributed by atoms with Gasteiger partial charge in [0.05, 0.1) is 0 Å². The Hall–Kier alpha value is 0.980. The molecule has 2 N–H and O–H groups in total. The second-order valence-electron chi connectivity index (χ2n) is 0.289. The SMILES string of the molecule is NP(#P)Cl. The van der Waals surface area contributed by atoms with Crippen LogP contribution in [-0.2, 0) is 0 Å². The van der Waals surface area contributed by atoms with Crippen LogP contribution in [0.3, 0.4) is 0 Å². The zero-order valence-corrected chi connectivity index (χ0v) is 4.39. The molecule has 0 aliphatic rings. The molecular formula is H2ClNP2. The van der Waals surface area contributed by atoms with E-state index in [0.29, 0.717) is 0 Å². The van der Waals surface area contributed by atoms with E-state index in [1.54, 1.807) is 0 Å². The molecule has 1 nitrogen and oxygen atoms in total. The molecule has 0 aliphatic carbocycles. The van der Waals surface area contributed by atoms with Crippen LogP contribution >= 0.6 is 26.1 Å². The van der Waals surface area contributed by atoms with Crippen LogP contribution < -0.4 is 5.50 Å². The van der Waals surface area contributed by atoms with Crippen molar-refractivity contribution in [1.29, 1.82) is 0 Å². The average molecular weight is 113 g/mol. The van der Waals surface area contributed by atoms with E-state index in [4.69, 9.17) is 16.7 Å². The fourth-order valence-corrected chi connectivity index (χ4v) is 0. The first-order chi connectivity index (χ1) is 1.73. The number of halogens is 1. The topological polar surface area (TPSA) is 26.0 Å². The van der Waals surface area contributed by atoms with Gasteiger partial charge < -0.3 is 0 Å². The zero-order valence-electron chi connectivity index (χ0n) is 1.85. The first-order valence-electron chi connectivity index (χ1n) is 0.627. The van der Waals surface area contributed by atoms with E-state index in [1.807, 2.05) is 0 Å². The van der Waals surface area contributed by atoms with Crippen LogP contribution in [0.25, 0.3) is 0 Å². The van der Waals surface area contributed by atoms with Gasteiger partial charge in [-0.1, -0.05) is 0 Å². The average Bonchev–Trinajstić information content (AvgIpc) is 0.811. The molecule has 4 heavy (non-hydrogen) atoms. The molecule has 0 amide bonds. The molecule has 0 aromatic rings. The fourth-order valence-electron chi connectivity index (χ4n) is 0. The Bertz CT molecular complexity index is 52.2. The maximum atomic E-state index is 4.98. The van der Waals surface area contributed by atoms with Crippen LogP contribution in [0.5, 0.6) is 0 Å². The molecule has 0 bridgehead atoms. The molecule has 4 heteroatoms. The minimum absolute atomic E-state index is 0.954. The summed E-state index contributed by atoms with van der Waals surface area (Å²) in [6.45, 7) is -0.954. The van der Waals surface area contributed by atoms with Crippen LogP contribution in [0.2, 0.25) is 0 Å². The molecule has 0 aromatic heterocycles. The molecule has 1 unspecified atom stereocenters. The fraction of sp³-hybridized carbons (Fsp3) is 0. The Morgan fingerprint density at radius 2 is 2.00 bits per heavy atom. The van der Waals surface area contributed by atoms with Gasteiger partial charge in [-0.05, 0) is 0 Å². The third-order valence-corrected chi connectivity index (χ3v) is 0. The van der Waals surface area contributed by atoms with E-state index < -0.39 is 6.53 Å². The minimum atomic E-state index is -0.954. The van der Waals surface area contributed by atoms with Crippen molar-refractivity contribution < 1.29 is 0 Å². The van der Waals surface area contributed by atoms with E-state index in [2.05, 4.69) is 8.34 Å². The van der Waals surface area contributed by atoms with E-state index in [0.717, 1.165) is 0 Å². The summed E-state index contributed by atoms with van der Waals surface area (Å²) in [5.74, 6) is 0. The summed E-state index contributed by atoms with van der Waals surface area (Å²) < 4.78 is 0. The standard InChI is InChI=1S/ClH2NP2/c1-4(2)3/h2H2. The van der Waals surface area contributed by atoms with Crippen molar-refractivity contribution in [2.75, 3.05) is 0 Å². The molecule has 0 aliphatic heterocycles. The summed E-state index contributed by atoms with van der Waals surface area (Å²) in [5.41, 5.74) is 4.81. The van der Waals surface area contributed by atoms with Crippen molar-refractivity contribution in [3.05, 3.63) is 0 Å². The van der Waals surface area contributed by atoms with E-state index in [-0.39, 0.29) is 0 Å². The second kappa shape index (κ2) is 2.23.